The lowest BCUT2D eigenvalue weighted by molar-refractivity contribution is -0.120. The molecule has 0 radical (unpaired) electrons. The zero-order valence-electron chi connectivity index (χ0n) is 14.6. The van der Waals surface area contributed by atoms with Crippen LogP contribution in [0.3, 0.4) is 0 Å². The van der Waals surface area contributed by atoms with Crippen LogP contribution in [0.5, 0.6) is 0 Å². The molecule has 5 nitrogen and oxygen atoms in total. The van der Waals surface area contributed by atoms with Gasteiger partial charge in [0.25, 0.3) is 0 Å². The number of piperidine rings is 1. The van der Waals surface area contributed by atoms with Gasteiger partial charge in [-0.25, -0.2) is 0 Å². The van der Waals surface area contributed by atoms with Gasteiger partial charge < -0.3 is 5.32 Å². The zero-order chi connectivity index (χ0) is 16.3. The minimum atomic E-state index is 0.0936. The molecule has 1 aromatic heterocycles. The Morgan fingerprint density at radius 1 is 1.45 bits per heavy atom. The molecule has 0 aliphatic carbocycles. The van der Waals surface area contributed by atoms with E-state index in [1.165, 1.54) is 12.8 Å². The predicted octanol–water partition coefficient (Wildman–Crippen LogP) is 1.82. The standard InChI is InChI=1S/C17H30N4O/c1-12-7-6-8-21(11-12)13(2)10-18-17(22)9-16-14(3)19-20(5)15(16)4/h12-13H,6-11H2,1-5H3,(H,18,22). The summed E-state index contributed by atoms with van der Waals surface area (Å²) >= 11 is 0. The smallest absolute Gasteiger partial charge is 0.224 e. The zero-order valence-corrected chi connectivity index (χ0v) is 14.6. The Morgan fingerprint density at radius 2 is 2.18 bits per heavy atom. The van der Waals surface area contributed by atoms with Crippen LogP contribution in [0.25, 0.3) is 0 Å². The molecule has 124 valence electrons. The van der Waals surface area contributed by atoms with Crippen LogP contribution in [0.4, 0.5) is 0 Å². The second kappa shape index (κ2) is 7.27. The van der Waals surface area contributed by atoms with Crippen molar-refractivity contribution in [2.75, 3.05) is 19.6 Å². The van der Waals surface area contributed by atoms with Gasteiger partial charge in [-0.05, 0) is 46.1 Å². The number of rotatable bonds is 5. The third-order valence-electron chi connectivity index (χ3n) is 4.90. The highest BCUT2D eigenvalue weighted by molar-refractivity contribution is 5.79. The number of likely N-dealkylation sites (tertiary alicyclic amines) is 1. The summed E-state index contributed by atoms with van der Waals surface area (Å²) in [7, 11) is 1.92. The lowest BCUT2D eigenvalue weighted by atomic mass is 9.99. The number of carbonyl (C=O) groups excluding carboxylic acids is 1. The fourth-order valence-corrected chi connectivity index (χ4v) is 3.31. The van der Waals surface area contributed by atoms with E-state index in [9.17, 15) is 4.79 Å². The van der Waals surface area contributed by atoms with Crippen LogP contribution in [-0.2, 0) is 18.3 Å². The summed E-state index contributed by atoms with van der Waals surface area (Å²) in [4.78, 5) is 14.7. The molecule has 1 aliphatic rings. The fourth-order valence-electron chi connectivity index (χ4n) is 3.31. The summed E-state index contributed by atoms with van der Waals surface area (Å²) in [6.45, 7) is 11.5. The number of nitrogens with zero attached hydrogens (tertiary/aromatic N) is 3. The minimum absolute atomic E-state index is 0.0936. The topological polar surface area (TPSA) is 50.2 Å². The van der Waals surface area contributed by atoms with Crippen LogP contribution >= 0.6 is 0 Å². The Morgan fingerprint density at radius 3 is 2.77 bits per heavy atom. The molecular weight excluding hydrogens is 276 g/mol. The first-order valence-corrected chi connectivity index (χ1v) is 8.38. The molecule has 0 spiro atoms. The predicted molar refractivity (Wildman–Crippen MR) is 88.8 cm³/mol. The Hall–Kier alpha value is -1.36. The number of aromatic nitrogens is 2. The van der Waals surface area contributed by atoms with Gasteiger partial charge in [-0.15, -0.1) is 0 Å². The van der Waals surface area contributed by atoms with Gasteiger partial charge >= 0.3 is 0 Å². The summed E-state index contributed by atoms with van der Waals surface area (Å²) in [6.07, 6.45) is 3.03. The second-order valence-corrected chi connectivity index (χ2v) is 6.85. The van der Waals surface area contributed by atoms with E-state index in [1.807, 2.05) is 25.6 Å². The number of carbonyl (C=O) groups is 1. The molecule has 1 amide bonds. The van der Waals surface area contributed by atoms with Crippen LogP contribution < -0.4 is 5.32 Å². The monoisotopic (exact) mass is 306 g/mol. The van der Waals surface area contributed by atoms with E-state index in [0.717, 1.165) is 42.5 Å². The normalized spacial score (nSPS) is 20.9. The van der Waals surface area contributed by atoms with E-state index in [4.69, 9.17) is 0 Å². The van der Waals surface area contributed by atoms with Crippen molar-refractivity contribution >= 4 is 5.91 Å². The van der Waals surface area contributed by atoms with Crippen LogP contribution in [0.1, 0.15) is 43.6 Å². The quantitative estimate of drug-likeness (QED) is 0.903. The van der Waals surface area contributed by atoms with Crippen molar-refractivity contribution in [1.82, 2.24) is 20.0 Å². The number of amides is 1. The highest BCUT2D eigenvalue weighted by atomic mass is 16.1. The molecule has 0 bridgehead atoms. The van der Waals surface area contributed by atoms with Crippen molar-refractivity contribution in [3.05, 3.63) is 17.0 Å². The van der Waals surface area contributed by atoms with E-state index in [2.05, 4.69) is 29.2 Å². The third kappa shape index (κ3) is 4.09. The van der Waals surface area contributed by atoms with Crippen LogP contribution in [-0.4, -0.2) is 46.3 Å². The van der Waals surface area contributed by atoms with E-state index < -0.39 is 0 Å². The highest BCUT2D eigenvalue weighted by Gasteiger charge is 2.21. The van der Waals surface area contributed by atoms with Gasteiger partial charge in [0.15, 0.2) is 0 Å². The van der Waals surface area contributed by atoms with Crippen LogP contribution in [0.15, 0.2) is 0 Å². The summed E-state index contributed by atoms with van der Waals surface area (Å²) in [6, 6.07) is 0.405. The van der Waals surface area contributed by atoms with Gasteiger partial charge in [-0.3, -0.25) is 14.4 Å². The van der Waals surface area contributed by atoms with Crippen LogP contribution in [0, 0.1) is 19.8 Å². The van der Waals surface area contributed by atoms with Gasteiger partial charge in [-0.2, -0.15) is 5.10 Å². The van der Waals surface area contributed by atoms with Crippen molar-refractivity contribution in [1.29, 1.82) is 0 Å². The first-order chi connectivity index (χ1) is 10.4. The maximum absolute atomic E-state index is 12.2. The molecule has 2 unspecified atom stereocenters. The average molecular weight is 306 g/mol. The number of nitrogens with one attached hydrogen (secondary N) is 1. The first-order valence-electron chi connectivity index (χ1n) is 8.38. The molecule has 1 aromatic rings. The Bertz CT molecular complexity index is 523. The maximum Gasteiger partial charge on any atom is 0.224 e. The summed E-state index contributed by atoms with van der Waals surface area (Å²) in [5.74, 6) is 0.865. The summed E-state index contributed by atoms with van der Waals surface area (Å²) in [5.41, 5.74) is 3.08. The number of hydrogen-bond donors (Lipinski definition) is 1. The Labute approximate surface area is 134 Å². The van der Waals surface area contributed by atoms with Crippen LogP contribution in [0.2, 0.25) is 0 Å². The average Bonchev–Trinajstić information content (AvgIpc) is 2.71. The highest BCUT2D eigenvalue weighted by Crippen LogP contribution is 2.17. The van der Waals surface area contributed by atoms with E-state index in [-0.39, 0.29) is 5.91 Å². The molecule has 1 N–H and O–H groups in total. The summed E-state index contributed by atoms with van der Waals surface area (Å²) in [5, 5.41) is 7.46. The van der Waals surface area contributed by atoms with Gasteiger partial charge in [0.1, 0.15) is 0 Å². The van der Waals surface area contributed by atoms with E-state index in [1.54, 1.807) is 0 Å². The van der Waals surface area contributed by atoms with Gasteiger partial charge in [0, 0.05) is 37.4 Å². The molecule has 1 fully saturated rings. The number of aryl methyl sites for hydroxylation is 2. The largest absolute Gasteiger partial charge is 0.354 e. The second-order valence-electron chi connectivity index (χ2n) is 6.85. The SMILES string of the molecule is Cc1nn(C)c(C)c1CC(=O)NCC(C)N1CCCC(C)C1. The lowest BCUT2D eigenvalue weighted by Crippen LogP contribution is -2.46. The fraction of sp³-hybridized carbons (Fsp3) is 0.765. The van der Waals surface area contributed by atoms with E-state index in [0.29, 0.717) is 12.5 Å². The molecular formula is C17H30N4O. The molecule has 0 saturated carbocycles. The molecule has 2 rings (SSSR count). The number of hydrogen-bond acceptors (Lipinski definition) is 3. The van der Waals surface area contributed by atoms with Gasteiger partial charge in [0.2, 0.25) is 5.91 Å². The van der Waals surface area contributed by atoms with Crippen molar-refractivity contribution in [3.63, 3.8) is 0 Å². The van der Waals surface area contributed by atoms with Gasteiger partial charge in [-0.1, -0.05) is 6.92 Å². The molecule has 5 heteroatoms. The van der Waals surface area contributed by atoms with E-state index >= 15 is 0 Å². The minimum Gasteiger partial charge on any atom is -0.354 e. The molecule has 0 aromatic carbocycles. The third-order valence-corrected chi connectivity index (χ3v) is 4.90. The molecule has 1 saturated heterocycles. The maximum atomic E-state index is 12.2. The first kappa shape index (κ1) is 17.0. The van der Waals surface area contributed by atoms with Crippen molar-refractivity contribution in [3.8, 4) is 0 Å². The lowest BCUT2D eigenvalue weighted by Gasteiger charge is -2.35. The van der Waals surface area contributed by atoms with Gasteiger partial charge in [0.05, 0.1) is 12.1 Å². The van der Waals surface area contributed by atoms with Crippen molar-refractivity contribution in [2.24, 2.45) is 13.0 Å². The van der Waals surface area contributed by atoms with Crippen molar-refractivity contribution in [2.45, 2.75) is 53.0 Å². The molecule has 2 heterocycles. The molecule has 2 atom stereocenters. The molecule has 1 aliphatic heterocycles. The summed E-state index contributed by atoms with van der Waals surface area (Å²) < 4.78 is 1.84. The molecule has 22 heavy (non-hydrogen) atoms. The Balaban J connectivity index is 1.82. The van der Waals surface area contributed by atoms with Crippen molar-refractivity contribution < 1.29 is 4.79 Å². The Kier molecular flexibility index (Phi) is 5.62.